The van der Waals surface area contributed by atoms with Gasteiger partial charge in [-0.15, -0.1) is 0 Å². The van der Waals surface area contributed by atoms with Crippen LogP contribution in [0, 0.1) is 11.3 Å². The molecule has 2 nitrogen and oxygen atoms in total. The third kappa shape index (κ3) is 4.31. The van der Waals surface area contributed by atoms with Gasteiger partial charge < -0.3 is 4.74 Å². The van der Waals surface area contributed by atoms with Crippen LogP contribution in [-0.2, 0) is 13.0 Å². The van der Waals surface area contributed by atoms with Gasteiger partial charge in [-0.05, 0) is 41.8 Å². The van der Waals surface area contributed by atoms with Crippen molar-refractivity contribution >= 4 is 11.6 Å². The van der Waals surface area contributed by atoms with E-state index >= 15 is 0 Å². The molecule has 0 N–H and O–H groups in total. The topological polar surface area (TPSA) is 33.0 Å². The zero-order valence-corrected chi connectivity index (χ0v) is 11.2. The molecule has 0 spiro atoms. The van der Waals surface area contributed by atoms with E-state index in [0.717, 1.165) is 28.3 Å². The Balaban J connectivity index is 1.89. The molecule has 0 unspecified atom stereocenters. The van der Waals surface area contributed by atoms with Crippen LogP contribution in [0.4, 0.5) is 0 Å². The summed E-state index contributed by atoms with van der Waals surface area (Å²) in [5, 5.41) is 9.26. The Morgan fingerprint density at radius 3 is 2.21 bits per heavy atom. The standard InChI is InChI=1S/C16H14ClNO/c17-15-7-3-14(4-8-15)12-19-16-9-5-13(6-10-16)2-1-11-18/h3-10H,1-2,12H2. The van der Waals surface area contributed by atoms with E-state index in [0.29, 0.717) is 13.0 Å². The van der Waals surface area contributed by atoms with Crippen LogP contribution in [0.2, 0.25) is 5.02 Å². The first-order valence-electron chi connectivity index (χ1n) is 6.11. The highest BCUT2D eigenvalue weighted by Gasteiger charge is 1.97. The van der Waals surface area contributed by atoms with E-state index in [1.807, 2.05) is 48.5 Å². The monoisotopic (exact) mass is 271 g/mol. The fourth-order valence-electron chi connectivity index (χ4n) is 1.70. The Morgan fingerprint density at radius 2 is 1.58 bits per heavy atom. The number of halogens is 1. The van der Waals surface area contributed by atoms with Crippen LogP contribution < -0.4 is 4.74 Å². The van der Waals surface area contributed by atoms with Crippen molar-refractivity contribution in [2.75, 3.05) is 0 Å². The molecule has 0 atom stereocenters. The molecule has 0 aliphatic heterocycles. The molecule has 0 aliphatic rings. The molecule has 0 saturated carbocycles. The van der Waals surface area contributed by atoms with Gasteiger partial charge in [0.15, 0.2) is 0 Å². The number of hydrogen-bond donors (Lipinski definition) is 0. The predicted molar refractivity (Wildman–Crippen MR) is 76.2 cm³/mol. The van der Waals surface area contributed by atoms with Crippen molar-refractivity contribution in [1.29, 1.82) is 5.26 Å². The maximum absolute atomic E-state index is 8.53. The van der Waals surface area contributed by atoms with Crippen molar-refractivity contribution in [2.45, 2.75) is 19.4 Å². The Kier molecular flexibility index (Phi) is 4.83. The smallest absolute Gasteiger partial charge is 0.119 e. The van der Waals surface area contributed by atoms with Gasteiger partial charge in [-0.3, -0.25) is 0 Å². The maximum atomic E-state index is 8.53. The number of hydrogen-bond acceptors (Lipinski definition) is 2. The molecule has 96 valence electrons. The molecule has 0 heterocycles. The molecule has 0 amide bonds. The van der Waals surface area contributed by atoms with E-state index in [2.05, 4.69) is 6.07 Å². The fraction of sp³-hybridized carbons (Fsp3) is 0.188. The summed E-state index contributed by atoms with van der Waals surface area (Å²) >= 11 is 5.82. The second-order valence-electron chi connectivity index (χ2n) is 4.22. The summed E-state index contributed by atoms with van der Waals surface area (Å²) < 4.78 is 5.68. The number of nitriles is 1. The highest BCUT2D eigenvalue weighted by Crippen LogP contribution is 2.16. The van der Waals surface area contributed by atoms with E-state index in [9.17, 15) is 0 Å². The maximum Gasteiger partial charge on any atom is 0.119 e. The Hall–Kier alpha value is -1.98. The van der Waals surface area contributed by atoms with Crippen molar-refractivity contribution in [3.63, 3.8) is 0 Å². The van der Waals surface area contributed by atoms with Crippen LogP contribution in [-0.4, -0.2) is 0 Å². The summed E-state index contributed by atoms with van der Waals surface area (Å²) in [4.78, 5) is 0. The molecule has 19 heavy (non-hydrogen) atoms. The average molecular weight is 272 g/mol. The lowest BCUT2D eigenvalue weighted by Gasteiger charge is -2.07. The number of aryl methyl sites for hydroxylation is 1. The lowest BCUT2D eigenvalue weighted by molar-refractivity contribution is 0.306. The highest BCUT2D eigenvalue weighted by molar-refractivity contribution is 6.30. The van der Waals surface area contributed by atoms with Crippen molar-refractivity contribution in [3.8, 4) is 11.8 Å². The van der Waals surface area contributed by atoms with E-state index in [1.165, 1.54) is 0 Å². The van der Waals surface area contributed by atoms with Gasteiger partial charge in [0, 0.05) is 11.4 Å². The number of rotatable bonds is 5. The van der Waals surface area contributed by atoms with Gasteiger partial charge >= 0.3 is 0 Å². The third-order valence-electron chi connectivity index (χ3n) is 2.77. The van der Waals surface area contributed by atoms with Gasteiger partial charge in [0.05, 0.1) is 6.07 Å². The molecule has 3 heteroatoms. The van der Waals surface area contributed by atoms with Crippen molar-refractivity contribution in [3.05, 3.63) is 64.7 Å². The summed E-state index contributed by atoms with van der Waals surface area (Å²) in [6.07, 6.45) is 1.33. The van der Waals surface area contributed by atoms with Crippen LogP contribution in [0.25, 0.3) is 0 Å². The minimum atomic E-state index is 0.523. The molecule has 0 aromatic heterocycles. The highest BCUT2D eigenvalue weighted by atomic mass is 35.5. The summed E-state index contributed by atoms with van der Waals surface area (Å²) in [7, 11) is 0. The second-order valence-corrected chi connectivity index (χ2v) is 4.65. The van der Waals surface area contributed by atoms with Crippen LogP contribution in [0.1, 0.15) is 17.5 Å². The number of ether oxygens (including phenoxy) is 1. The molecule has 0 saturated heterocycles. The molecular formula is C16H14ClNO. The number of benzene rings is 2. The van der Waals surface area contributed by atoms with Gasteiger partial charge in [0.2, 0.25) is 0 Å². The third-order valence-corrected chi connectivity index (χ3v) is 3.02. The van der Waals surface area contributed by atoms with Gasteiger partial charge in [-0.25, -0.2) is 0 Å². The summed E-state index contributed by atoms with van der Waals surface area (Å²) in [6.45, 7) is 0.523. The molecule has 0 aliphatic carbocycles. The average Bonchev–Trinajstić information content (AvgIpc) is 2.46. The molecule has 2 aromatic rings. The zero-order chi connectivity index (χ0) is 13.5. The number of nitrogens with zero attached hydrogens (tertiary/aromatic N) is 1. The van der Waals surface area contributed by atoms with Crippen molar-refractivity contribution < 1.29 is 4.74 Å². The minimum absolute atomic E-state index is 0.523. The molecular weight excluding hydrogens is 258 g/mol. The van der Waals surface area contributed by atoms with Gasteiger partial charge in [0.1, 0.15) is 12.4 Å². The summed E-state index contributed by atoms with van der Waals surface area (Å²) in [5.74, 6) is 0.829. The Labute approximate surface area is 118 Å². The molecule has 2 aromatic carbocycles. The van der Waals surface area contributed by atoms with Crippen LogP contribution in [0.15, 0.2) is 48.5 Å². The van der Waals surface area contributed by atoms with E-state index in [4.69, 9.17) is 21.6 Å². The summed E-state index contributed by atoms with van der Waals surface area (Å²) in [5.41, 5.74) is 2.23. The molecule has 0 radical (unpaired) electrons. The van der Waals surface area contributed by atoms with E-state index in [-0.39, 0.29) is 0 Å². The van der Waals surface area contributed by atoms with Crippen LogP contribution >= 0.6 is 11.6 Å². The van der Waals surface area contributed by atoms with Crippen LogP contribution in [0.3, 0.4) is 0 Å². The normalized spacial score (nSPS) is 9.89. The lowest BCUT2D eigenvalue weighted by Crippen LogP contribution is -1.95. The van der Waals surface area contributed by atoms with Crippen molar-refractivity contribution in [1.82, 2.24) is 0 Å². The Bertz CT molecular complexity index is 555. The summed E-state index contributed by atoms with van der Waals surface area (Å²) in [6, 6.07) is 17.6. The van der Waals surface area contributed by atoms with Gasteiger partial charge in [0.25, 0.3) is 0 Å². The quantitative estimate of drug-likeness (QED) is 0.809. The first kappa shape index (κ1) is 13.5. The van der Waals surface area contributed by atoms with E-state index in [1.54, 1.807) is 0 Å². The first-order valence-corrected chi connectivity index (χ1v) is 6.49. The zero-order valence-electron chi connectivity index (χ0n) is 10.5. The fourth-order valence-corrected chi connectivity index (χ4v) is 1.83. The lowest BCUT2D eigenvalue weighted by atomic mass is 10.1. The molecule has 2 rings (SSSR count). The van der Waals surface area contributed by atoms with Gasteiger partial charge in [-0.2, -0.15) is 5.26 Å². The first-order chi connectivity index (χ1) is 9.28. The predicted octanol–water partition coefficient (Wildman–Crippen LogP) is 4.38. The Morgan fingerprint density at radius 1 is 0.947 bits per heavy atom. The SMILES string of the molecule is N#CCCc1ccc(OCc2ccc(Cl)cc2)cc1. The molecule has 0 fully saturated rings. The molecule has 0 bridgehead atoms. The van der Waals surface area contributed by atoms with E-state index < -0.39 is 0 Å². The largest absolute Gasteiger partial charge is 0.489 e. The van der Waals surface area contributed by atoms with Gasteiger partial charge in [-0.1, -0.05) is 35.9 Å². The van der Waals surface area contributed by atoms with Crippen LogP contribution in [0.5, 0.6) is 5.75 Å². The van der Waals surface area contributed by atoms with Crippen molar-refractivity contribution in [2.24, 2.45) is 0 Å². The second kappa shape index (κ2) is 6.82. The minimum Gasteiger partial charge on any atom is -0.489 e.